The fourth-order valence-corrected chi connectivity index (χ4v) is 2.30. The highest BCUT2D eigenvalue weighted by molar-refractivity contribution is 9.10. The number of nitrogens with zero attached hydrogens (tertiary/aromatic N) is 2. The molecule has 0 saturated heterocycles. The van der Waals surface area contributed by atoms with Gasteiger partial charge in [-0.2, -0.15) is 0 Å². The van der Waals surface area contributed by atoms with Crippen molar-refractivity contribution in [3.05, 3.63) is 33.4 Å². The van der Waals surface area contributed by atoms with Crippen LogP contribution in [0.25, 0.3) is 11.3 Å². The maximum atomic E-state index is 12.9. The molecule has 1 aromatic carbocycles. The monoisotopic (exact) mass is 287 g/mol. The lowest BCUT2D eigenvalue weighted by molar-refractivity contribution is 0.627. The van der Waals surface area contributed by atoms with Gasteiger partial charge >= 0.3 is 0 Å². The Morgan fingerprint density at radius 1 is 1.47 bits per heavy atom. The number of rotatable bonds is 2. The predicted molar refractivity (Wildman–Crippen MR) is 60.9 cm³/mol. The molecule has 0 bridgehead atoms. The van der Waals surface area contributed by atoms with Gasteiger partial charge in [-0.3, -0.25) is 0 Å². The van der Waals surface area contributed by atoms with Crippen molar-refractivity contribution >= 4 is 27.5 Å². The molecule has 3 nitrogen and oxygen atoms in total. The molecule has 2 N–H and O–H groups in total. The second kappa shape index (κ2) is 4.34. The summed E-state index contributed by atoms with van der Waals surface area (Å²) in [6.07, 6.45) is 0. The molecule has 0 unspecified atom stereocenters. The van der Waals surface area contributed by atoms with Gasteiger partial charge in [-0.15, -0.1) is 5.10 Å². The van der Waals surface area contributed by atoms with Crippen molar-refractivity contribution in [3.8, 4) is 11.3 Å². The Bertz CT molecular complexity index is 486. The SMILES string of the molecule is NCc1snnc1-c1ccc(F)cc1Br. The van der Waals surface area contributed by atoms with Gasteiger partial charge in [0.15, 0.2) is 0 Å². The molecule has 78 valence electrons. The highest BCUT2D eigenvalue weighted by Gasteiger charge is 2.12. The molecule has 0 atom stereocenters. The van der Waals surface area contributed by atoms with Crippen LogP contribution in [0.1, 0.15) is 4.88 Å². The van der Waals surface area contributed by atoms with Crippen LogP contribution in [0.2, 0.25) is 0 Å². The quantitative estimate of drug-likeness (QED) is 0.924. The van der Waals surface area contributed by atoms with Crippen LogP contribution in [0.3, 0.4) is 0 Å². The average Bonchev–Trinajstić information content (AvgIpc) is 2.65. The Hall–Kier alpha value is -0.850. The van der Waals surface area contributed by atoms with E-state index in [9.17, 15) is 4.39 Å². The fourth-order valence-electron chi connectivity index (χ4n) is 1.23. The van der Waals surface area contributed by atoms with E-state index in [0.717, 1.165) is 16.1 Å². The van der Waals surface area contributed by atoms with E-state index in [1.54, 1.807) is 6.07 Å². The summed E-state index contributed by atoms with van der Waals surface area (Å²) < 4.78 is 17.4. The fraction of sp³-hybridized carbons (Fsp3) is 0.111. The van der Waals surface area contributed by atoms with Gasteiger partial charge in [0, 0.05) is 16.6 Å². The number of nitrogens with two attached hydrogens (primary N) is 1. The first kappa shape index (κ1) is 10.7. The second-order valence-corrected chi connectivity index (χ2v) is 4.57. The van der Waals surface area contributed by atoms with Crippen LogP contribution in [0.15, 0.2) is 22.7 Å². The molecule has 0 fully saturated rings. The van der Waals surface area contributed by atoms with E-state index >= 15 is 0 Å². The first-order chi connectivity index (χ1) is 7.22. The first-order valence-corrected chi connectivity index (χ1v) is 5.75. The number of halogens is 2. The van der Waals surface area contributed by atoms with Gasteiger partial charge in [0.2, 0.25) is 0 Å². The molecule has 1 aromatic heterocycles. The highest BCUT2D eigenvalue weighted by Crippen LogP contribution is 2.30. The summed E-state index contributed by atoms with van der Waals surface area (Å²) >= 11 is 4.54. The van der Waals surface area contributed by atoms with Gasteiger partial charge in [-0.25, -0.2) is 4.39 Å². The Morgan fingerprint density at radius 2 is 2.27 bits per heavy atom. The van der Waals surface area contributed by atoms with Gasteiger partial charge in [-0.1, -0.05) is 4.49 Å². The normalized spacial score (nSPS) is 10.6. The Balaban J connectivity index is 2.54. The number of hydrogen-bond acceptors (Lipinski definition) is 4. The van der Waals surface area contributed by atoms with E-state index in [2.05, 4.69) is 25.5 Å². The van der Waals surface area contributed by atoms with E-state index in [-0.39, 0.29) is 5.82 Å². The van der Waals surface area contributed by atoms with E-state index in [0.29, 0.717) is 11.0 Å². The summed E-state index contributed by atoms with van der Waals surface area (Å²) in [6, 6.07) is 4.45. The van der Waals surface area contributed by atoms with Crippen molar-refractivity contribution in [2.24, 2.45) is 5.73 Å². The summed E-state index contributed by atoms with van der Waals surface area (Å²) in [6.45, 7) is 0.386. The molecule has 0 spiro atoms. The molecule has 0 amide bonds. The van der Waals surface area contributed by atoms with Gasteiger partial charge in [0.25, 0.3) is 0 Å². The van der Waals surface area contributed by atoms with Gasteiger partial charge in [-0.05, 0) is 45.7 Å². The molecular formula is C9H7BrFN3S. The standard InChI is InChI=1S/C9H7BrFN3S/c10-7-3-5(11)1-2-6(7)9-8(4-12)15-14-13-9/h1-3H,4,12H2. The van der Waals surface area contributed by atoms with Crippen molar-refractivity contribution in [1.29, 1.82) is 0 Å². The van der Waals surface area contributed by atoms with Gasteiger partial charge in [0.1, 0.15) is 11.5 Å². The molecule has 1 heterocycles. The third-order valence-corrected chi connectivity index (χ3v) is 3.33. The van der Waals surface area contributed by atoms with Gasteiger partial charge < -0.3 is 5.73 Å². The molecule has 6 heteroatoms. The van der Waals surface area contributed by atoms with Crippen LogP contribution in [0.4, 0.5) is 4.39 Å². The lowest BCUT2D eigenvalue weighted by Gasteiger charge is -2.02. The molecule has 2 aromatic rings. The maximum Gasteiger partial charge on any atom is 0.124 e. The minimum atomic E-state index is -0.289. The summed E-state index contributed by atoms with van der Waals surface area (Å²) in [7, 11) is 0. The molecule has 0 aliphatic carbocycles. The lowest BCUT2D eigenvalue weighted by Crippen LogP contribution is -1.96. The summed E-state index contributed by atoms with van der Waals surface area (Å²) in [5.41, 5.74) is 7.08. The van der Waals surface area contributed by atoms with Crippen LogP contribution in [0, 0.1) is 5.82 Å². The Kier molecular flexibility index (Phi) is 3.08. The molecule has 2 rings (SSSR count). The minimum absolute atomic E-state index is 0.289. The topological polar surface area (TPSA) is 51.8 Å². The smallest absolute Gasteiger partial charge is 0.124 e. The zero-order valence-electron chi connectivity index (χ0n) is 7.58. The van der Waals surface area contributed by atoms with Crippen LogP contribution < -0.4 is 5.73 Å². The highest BCUT2D eigenvalue weighted by atomic mass is 79.9. The molecule has 0 aliphatic rings. The van der Waals surface area contributed by atoms with Crippen LogP contribution in [-0.4, -0.2) is 9.59 Å². The number of hydrogen-bond donors (Lipinski definition) is 1. The van der Waals surface area contributed by atoms with Crippen molar-refractivity contribution in [1.82, 2.24) is 9.59 Å². The molecule has 15 heavy (non-hydrogen) atoms. The molecule has 0 aliphatic heterocycles. The minimum Gasteiger partial charge on any atom is -0.326 e. The molecular weight excluding hydrogens is 281 g/mol. The molecule has 0 radical (unpaired) electrons. The molecule has 0 saturated carbocycles. The summed E-state index contributed by atoms with van der Waals surface area (Å²) in [5, 5.41) is 3.98. The van der Waals surface area contributed by atoms with Gasteiger partial charge in [0.05, 0.1) is 4.88 Å². The summed E-state index contributed by atoms with van der Waals surface area (Å²) in [4.78, 5) is 0.891. The number of benzene rings is 1. The zero-order valence-corrected chi connectivity index (χ0v) is 9.98. The van der Waals surface area contributed by atoms with E-state index < -0.39 is 0 Å². The Morgan fingerprint density at radius 3 is 2.93 bits per heavy atom. The second-order valence-electron chi connectivity index (χ2n) is 2.87. The summed E-state index contributed by atoms with van der Waals surface area (Å²) in [5.74, 6) is -0.289. The Labute approximate surface area is 98.4 Å². The zero-order chi connectivity index (χ0) is 10.8. The third-order valence-electron chi connectivity index (χ3n) is 1.93. The lowest BCUT2D eigenvalue weighted by atomic mass is 10.1. The largest absolute Gasteiger partial charge is 0.326 e. The van der Waals surface area contributed by atoms with E-state index in [1.165, 1.54) is 23.7 Å². The number of aromatic nitrogens is 2. The van der Waals surface area contributed by atoms with Crippen molar-refractivity contribution in [3.63, 3.8) is 0 Å². The van der Waals surface area contributed by atoms with Crippen molar-refractivity contribution in [2.75, 3.05) is 0 Å². The average molecular weight is 288 g/mol. The third kappa shape index (κ3) is 2.06. The van der Waals surface area contributed by atoms with Crippen molar-refractivity contribution < 1.29 is 4.39 Å². The maximum absolute atomic E-state index is 12.9. The van der Waals surface area contributed by atoms with E-state index in [1.807, 2.05) is 0 Å². The first-order valence-electron chi connectivity index (χ1n) is 4.19. The van der Waals surface area contributed by atoms with Crippen LogP contribution >= 0.6 is 27.5 Å². The van der Waals surface area contributed by atoms with Crippen LogP contribution in [0.5, 0.6) is 0 Å². The van der Waals surface area contributed by atoms with Crippen LogP contribution in [-0.2, 0) is 6.54 Å². The predicted octanol–water partition coefficient (Wildman–Crippen LogP) is 2.57. The van der Waals surface area contributed by atoms with E-state index in [4.69, 9.17) is 5.73 Å². The van der Waals surface area contributed by atoms with Crippen molar-refractivity contribution in [2.45, 2.75) is 6.54 Å².